The number of nitrogen functional groups attached to an aromatic ring is 1. The van der Waals surface area contributed by atoms with Crippen LogP contribution in [0.4, 0.5) is 18.9 Å². The fourth-order valence-corrected chi connectivity index (χ4v) is 2.39. The summed E-state index contributed by atoms with van der Waals surface area (Å²) in [4.78, 5) is 6.91. The summed E-state index contributed by atoms with van der Waals surface area (Å²) in [5.74, 6) is -1.46. The highest BCUT2D eigenvalue weighted by Crippen LogP contribution is 2.36. The molecule has 0 aliphatic rings. The van der Waals surface area contributed by atoms with Crippen LogP contribution in [0.3, 0.4) is 0 Å². The van der Waals surface area contributed by atoms with E-state index in [1.54, 1.807) is 0 Å². The maximum absolute atomic E-state index is 12.5. The third-order valence-electron chi connectivity index (χ3n) is 1.96. The number of nitrogens with zero attached hydrogens (tertiary/aromatic N) is 3. The van der Waals surface area contributed by atoms with E-state index in [-0.39, 0.29) is 30.7 Å². The first-order valence-corrected chi connectivity index (χ1v) is 5.61. The van der Waals surface area contributed by atoms with E-state index < -0.39 is 12.0 Å². The molecule has 10 heteroatoms. The van der Waals surface area contributed by atoms with Crippen LogP contribution in [0, 0.1) is 0 Å². The molecule has 0 saturated carbocycles. The number of nitrogens with two attached hydrogens (primary N) is 1. The van der Waals surface area contributed by atoms with Gasteiger partial charge in [-0.1, -0.05) is 0 Å². The number of alkyl halides is 3. The molecule has 0 fully saturated rings. The molecule has 0 bridgehead atoms. The Kier molecular flexibility index (Phi) is 2.73. The average molecular weight is 376 g/mol. The van der Waals surface area contributed by atoms with Crippen LogP contribution in [0.2, 0.25) is 0 Å². The summed E-state index contributed by atoms with van der Waals surface area (Å²) in [7, 11) is 0. The summed E-state index contributed by atoms with van der Waals surface area (Å²) in [5.41, 5.74) is 5.11. The summed E-state index contributed by atoms with van der Waals surface area (Å²) in [6.07, 6.45) is -4.78. The van der Waals surface area contributed by atoms with Gasteiger partial charge in [-0.05, 0) is 31.9 Å². The van der Waals surface area contributed by atoms with Gasteiger partial charge in [-0.15, -0.1) is 0 Å². The van der Waals surface area contributed by atoms with Crippen molar-refractivity contribution in [3.05, 3.63) is 14.9 Å². The molecule has 2 rings (SSSR count). The Hall–Kier alpha value is -1.03. The van der Waals surface area contributed by atoms with Crippen molar-refractivity contribution in [1.82, 2.24) is 14.7 Å². The summed E-state index contributed by atoms with van der Waals surface area (Å²) in [6, 6.07) is 0. The quantitative estimate of drug-likeness (QED) is 0.548. The third-order valence-corrected chi connectivity index (χ3v) is 3.37. The predicted molar refractivity (Wildman–Crippen MR) is 59.5 cm³/mol. The SMILES string of the molecule is Nc1c(Br)nc2nc(C(F)(F)F)n(O)c2c1Br. The van der Waals surface area contributed by atoms with Crippen LogP contribution in [0.1, 0.15) is 5.82 Å². The highest BCUT2D eigenvalue weighted by Gasteiger charge is 2.39. The molecule has 2 aromatic heterocycles. The second kappa shape index (κ2) is 3.73. The molecule has 92 valence electrons. The molecule has 0 amide bonds. The van der Waals surface area contributed by atoms with Gasteiger partial charge in [-0.25, -0.2) is 9.97 Å². The molecule has 5 nitrogen and oxygen atoms in total. The number of halogens is 5. The van der Waals surface area contributed by atoms with Gasteiger partial charge >= 0.3 is 6.18 Å². The Morgan fingerprint density at radius 3 is 2.35 bits per heavy atom. The van der Waals surface area contributed by atoms with Crippen LogP contribution < -0.4 is 5.73 Å². The fraction of sp³-hybridized carbons (Fsp3) is 0.143. The molecular formula is C7H3Br2F3N4O. The van der Waals surface area contributed by atoms with Gasteiger partial charge in [0, 0.05) is 0 Å². The molecule has 0 unspecified atom stereocenters. The molecule has 0 aliphatic heterocycles. The summed E-state index contributed by atoms with van der Waals surface area (Å²) >= 11 is 5.95. The number of anilines is 1. The molecule has 0 spiro atoms. The second-order valence-corrected chi connectivity index (χ2v) is 4.59. The zero-order valence-electron chi connectivity index (χ0n) is 7.76. The van der Waals surface area contributed by atoms with E-state index in [9.17, 15) is 18.4 Å². The first-order valence-electron chi connectivity index (χ1n) is 4.03. The number of imidazole rings is 1. The van der Waals surface area contributed by atoms with Gasteiger partial charge in [0.05, 0.1) is 10.2 Å². The van der Waals surface area contributed by atoms with Crippen molar-refractivity contribution in [2.75, 3.05) is 5.73 Å². The fourth-order valence-electron chi connectivity index (χ4n) is 1.23. The highest BCUT2D eigenvalue weighted by molar-refractivity contribution is 9.11. The van der Waals surface area contributed by atoms with E-state index in [0.717, 1.165) is 0 Å². The van der Waals surface area contributed by atoms with Crippen molar-refractivity contribution >= 4 is 48.7 Å². The van der Waals surface area contributed by atoms with Gasteiger partial charge in [0.2, 0.25) is 0 Å². The average Bonchev–Trinajstić information content (AvgIpc) is 2.52. The van der Waals surface area contributed by atoms with Crippen molar-refractivity contribution < 1.29 is 18.4 Å². The van der Waals surface area contributed by atoms with Gasteiger partial charge < -0.3 is 10.9 Å². The minimum absolute atomic E-state index is 0.0708. The Balaban J connectivity index is 2.89. The summed E-state index contributed by atoms with van der Waals surface area (Å²) < 4.78 is 37.6. The van der Waals surface area contributed by atoms with Crippen LogP contribution in [0.15, 0.2) is 9.08 Å². The van der Waals surface area contributed by atoms with Crippen molar-refractivity contribution in [3.63, 3.8) is 0 Å². The van der Waals surface area contributed by atoms with Crippen LogP contribution >= 0.6 is 31.9 Å². The number of fused-ring (bicyclic) bond motifs is 1. The molecule has 3 N–H and O–H groups in total. The lowest BCUT2D eigenvalue weighted by atomic mass is 10.4. The van der Waals surface area contributed by atoms with Crippen LogP contribution in [0.25, 0.3) is 11.2 Å². The smallest absolute Gasteiger partial charge is 0.426 e. The Labute approximate surface area is 109 Å². The van der Waals surface area contributed by atoms with E-state index in [2.05, 4.69) is 41.8 Å². The Morgan fingerprint density at radius 1 is 1.24 bits per heavy atom. The van der Waals surface area contributed by atoms with Crippen LogP contribution in [-0.2, 0) is 6.18 Å². The lowest BCUT2D eigenvalue weighted by Crippen LogP contribution is -2.13. The third kappa shape index (κ3) is 1.84. The standard InChI is InChI=1S/C7H3Br2F3N4O/c8-1-2(13)4(9)14-5-3(1)16(17)6(15-5)7(10,11)12/h17H,13H2. The second-order valence-electron chi connectivity index (χ2n) is 3.05. The highest BCUT2D eigenvalue weighted by atomic mass is 79.9. The Morgan fingerprint density at radius 2 is 1.82 bits per heavy atom. The predicted octanol–water partition coefficient (Wildman–Crippen LogP) is 2.79. The van der Waals surface area contributed by atoms with E-state index in [4.69, 9.17) is 5.73 Å². The molecule has 0 radical (unpaired) electrons. The lowest BCUT2D eigenvalue weighted by Gasteiger charge is -2.05. The topological polar surface area (TPSA) is 77.0 Å². The van der Waals surface area contributed by atoms with Gasteiger partial charge in [-0.2, -0.15) is 17.9 Å². The van der Waals surface area contributed by atoms with Crippen molar-refractivity contribution in [1.29, 1.82) is 0 Å². The molecule has 0 saturated heterocycles. The molecule has 0 atom stereocenters. The molecule has 2 heterocycles. The van der Waals surface area contributed by atoms with Gasteiger partial charge in [-0.3, -0.25) is 0 Å². The van der Waals surface area contributed by atoms with Gasteiger partial charge in [0.1, 0.15) is 10.1 Å². The molecule has 2 aromatic rings. The maximum atomic E-state index is 12.5. The molecule has 0 aromatic carbocycles. The van der Waals surface area contributed by atoms with Crippen LogP contribution in [0.5, 0.6) is 0 Å². The van der Waals surface area contributed by atoms with E-state index in [1.807, 2.05) is 0 Å². The Bertz CT molecular complexity index is 609. The van der Waals surface area contributed by atoms with Crippen molar-refractivity contribution in [2.45, 2.75) is 6.18 Å². The molecular weight excluding hydrogens is 373 g/mol. The van der Waals surface area contributed by atoms with Gasteiger partial charge in [0.15, 0.2) is 5.65 Å². The van der Waals surface area contributed by atoms with Gasteiger partial charge in [0.25, 0.3) is 5.82 Å². The number of hydrogen-bond donors (Lipinski definition) is 2. The zero-order valence-corrected chi connectivity index (χ0v) is 10.9. The van der Waals surface area contributed by atoms with Crippen molar-refractivity contribution in [2.24, 2.45) is 0 Å². The number of hydrogen-bond acceptors (Lipinski definition) is 4. The first kappa shape index (κ1) is 12.4. The number of pyridine rings is 1. The first-order chi connectivity index (χ1) is 7.73. The van der Waals surface area contributed by atoms with Crippen molar-refractivity contribution in [3.8, 4) is 0 Å². The normalized spacial score (nSPS) is 12.3. The maximum Gasteiger partial charge on any atom is 0.453 e. The largest absolute Gasteiger partial charge is 0.453 e. The van der Waals surface area contributed by atoms with E-state index in [0.29, 0.717) is 0 Å². The van der Waals surface area contributed by atoms with Crippen LogP contribution in [-0.4, -0.2) is 19.9 Å². The minimum Gasteiger partial charge on any atom is -0.426 e. The number of aromatic nitrogens is 3. The van der Waals surface area contributed by atoms with E-state index >= 15 is 0 Å². The molecule has 0 aliphatic carbocycles. The monoisotopic (exact) mass is 374 g/mol. The summed E-state index contributed by atoms with van der Waals surface area (Å²) in [5, 5.41) is 9.41. The molecule has 17 heavy (non-hydrogen) atoms. The number of rotatable bonds is 0. The summed E-state index contributed by atoms with van der Waals surface area (Å²) in [6.45, 7) is 0. The van der Waals surface area contributed by atoms with E-state index in [1.165, 1.54) is 0 Å². The zero-order chi connectivity index (χ0) is 13.0. The lowest BCUT2D eigenvalue weighted by molar-refractivity contribution is -0.153. The minimum atomic E-state index is -4.78.